The van der Waals surface area contributed by atoms with Crippen molar-refractivity contribution >= 4 is 50.0 Å². The molecule has 1 aromatic carbocycles. The third-order valence-electron chi connectivity index (χ3n) is 2.19. The van der Waals surface area contributed by atoms with Crippen LogP contribution in [0.1, 0.15) is 10.5 Å². The lowest BCUT2D eigenvalue weighted by Crippen LogP contribution is -2.25. The van der Waals surface area contributed by atoms with Crippen LogP contribution >= 0.6 is 22.9 Å². The van der Waals surface area contributed by atoms with Crippen molar-refractivity contribution in [3.8, 4) is 0 Å². The zero-order chi connectivity index (χ0) is 14.9. The van der Waals surface area contributed by atoms with Crippen molar-refractivity contribution in [3.05, 3.63) is 40.4 Å². The number of carboxylic acid groups (broad SMARTS) is 1. The summed E-state index contributed by atoms with van der Waals surface area (Å²) in [7, 11) is -4.70. The number of para-hydroxylation sites is 1. The van der Waals surface area contributed by atoms with Crippen molar-refractivity contribution < 1.29 is 22.9 Å². The van der Waals surface area contributed by atoms with E-state index in [0.29, 0.717) is 4.31 Å². The molecule has 7 nitrogen and oxygen atoms in total. The molecule has 2 N–H and O–H groups in total. The van der Waals surface area contributed by atoms with Gasteiger partial charge in [0.05, 0.1) is 10.7 Å². The highest BCUT2D eigenvalue weighted by molar-refractivity contribution is 7.87. The zero-order valence-corrected chi connectivity index (χ0v) is 12.0. The fourth-order valence-corrected chi connectivity index (χ4v) is 3.44. The lowest BCUT2D eigenvalue weighted by atomic mass is 10.3. The second kappa shape index (κ2) is 5.37. The lowest BCUT2D eigenvalue weighted by Gasteiger charge is -2.18. The number of aromatic nitrogens is 1. The summed E-state index contributed by atoms with van der Waals surface area (Å²) in [4.78, 5) is 14.4. The lowest BCUT2D eigenvalue weighted by molar-refractivity contribution is 0.0691. The van der Waals surface area contributed by atoms with E-state index in [4.69, 9.17) is 16.7 Å². The van der Waals surface area contributed by atoms with E-state index in [1.165, 1.54) is 18.2 Å². The monoisotopic (exact) mass is 334 g/mol. The normalized spacial score (nSPS) is 11.3. The molecule has 0 radical (unpaired) electrons. The molecule has 0 amide bonds. The van der Waals surface area contributed by atoms with Gasteiger partial charge in [-0.05, 0) is 12.1 Å². The summed E-state index contributed by atoms with van der Waals surface area (Å²) in [6.45, 7) is 0. The first kappa shape index (κ1) is 14.7. The fraction of sp³-hybridized carbons (Fsp3) is 0. The van der Waals surface area contributed by atoms with E-state index in [1.807, 2.05) is 0 Å². The fourth-order valence-electron chi connectivity index (χ4n) is 1.40. The molecule has 0 unspecified atom stereocenters. The Morgan fingerprint density at radius 1 is 1.35 bits per heavy atom. The van der Waals surface area contributed by atoms with Gasteiger partial charge in [0.1, 0.15) is 0 Å². The highest BCUT2D eigenvalue weighted by Crippen LogP contribution is 2.35. The Kier molecular flexibility index (Phi) is 3.95. The molecule has 0 spiro atoms. The van der Waals surface area contributed by atoms with Crippen LogP contribution in [0.3, 0.4) is 0 Å². The zero-order valence-electron chi connectivity index (χ0n) is 9.59. The van der Waals surface area contributed by atoms with Crippen LogP contribution in [-0.4, -0.2) is 29.0 Å². The number of aromatic carboxylic acids is 1. The van der Waals surface area contributed by atoms with E-state index in [0.717, 1.165) is 16.7 Å². The highest BCUT2D eigenvalue weighted by atomic mass is 35.5. The van der Waals surface area contributed by atoms with Gasteiger partial charge in [-0.3, -0.25) is 4.55 Å². The molecule has 0 saturated heterocycles. The van der Waals surface area contributed by atoms with Crippen molar-refractivity contribution in [2.45, 2.75) is 0 Å². The number of benzene rings is 1. The van der Waals surface area contributed by atoms with Gasteiger partial charge < -0.3 is 5.11 Å². The first-order chi connectivity index (χ1) is 9.30. The molecule has 0 aliphatic heterocycles. The number of carbonyl (C=O) groups is 1. The first-order valence-corrected chi connectivity index (χ1v) is 7.67. The molecule has 2 aromatic rings. The molecular weight excluding hydrogens is 328 g/mol. The van der Waals surface area contributed by atoms with Gasteiger partial charge in [-0.25, -0.2) is 9.78 Å². The number of anilines is 2. The SMILES string of the molecule is O=C(O)c1csc(N(c2ccccc2Cl)S(=O)(=O)O)n1. The minimum atomic E-state index is -4.70. The van der Waals surface area contributed by atoms with E-state index in [1.54, 1.807) is 6.07 Å². The van der Waals surface area contributed by atoms with E-state index >= 15 is 0 Å². The van der Waals surface area contributed by atoms with Gasteiger partial charge >= 0.3 is 16.3 Å². The van der Waals surface area contributed by atoms with Gasteiger partial charge in [-0.1, -0.05) is 23.7 Å². The Hall–Kier alpha value is -1.68. The molecule has 2 rings (SSSR count). The number of rotatable bonds is 4. The molecule has 10 heteroatoms. The maximum absolute atomic E-state index is 11.5. The molecule has 0 bridgehead atoms. The molecule has 106 valence electrons. The average molecular weight is 335 g/mol. The Bertz CT molecular complexity index is 759. The summed E-state index contributed by atoms with van der Waals surface area (Å²) in [6, 6.07) is 5.89. The van der Waals surface area contributed by atoms with Crippen molar-refractivity contribution in [3.63, 3.8) is 0 Å². The van der Waals surface area contributed by atoms with Gasteiger partial charge in [0, 0.05) is 5.38 Å². The maximum atomic E-state index is 11.5. The molecule has 0 aliphatic carbocycles. The van der Waals surface area contributed by atoms with Gasteiger partial charge in [-0.15, -0.1) is 11.3 Å². The van der Waals surface area contributed by atoms with Crippen molar-refractivity contribution in [1.82, 2.24) is 4.98 Å². The van der Waals surface area contributed by atoms with E-state index in [2.05, 4.69) is 4.98 Å². The predicted octanol–water partition coefficient (Wildman–Crippen LogP) is 2.44. The summed E-state index contributed by atoms with van der Waals surface area (Å²) in [6.07, 6.45) is 0. The van der Waals surface area contributed by atoms with Gasteiger partial charge in [0.25, 0.3) is 0 Å². The first-order valence-electron chi connectivity index (χ1n) is 5.02. The van der Waals surface area contributed by atoms with Crippen LogP contribution in [0.5, 0.6) is 0 Å². The Labute approximate surface area is 122 Å². The molecule has 0 fully saturated rings. The molecule has 1 aromatic heterocycles. The highest BCUT2D eigenvalue weighted by Gasteiger charge is 2.27. The van der Waals surface area contributed by atoms with E-state index in [9.17, 15) is 17.8 Å². The number of halogens is 1. The molecule has 1 heterocycles. The largest absolute Gasteiger partial charge is 0.476 e. The maximum Gasteiger partial charge on any atom is 0.366 e. The third-order valence-corrected chi connectivity index (χ3v) is 4.28. The van der Waals surface area contributed by atoms with Crippen LogP contribution in [0.4, 0.5) is 10.8 Å². The Balaban J connectivity index is 2.60. The van der Waals surface area contributed by atoms with Crippen molar-refractivity contribution in [1.29, 1.82) is 0 Å². The van der Waals surface area contributed by atoms with Crippen LogP contribution < -0.4 is 4.31 Å². The summed E-state index contributed by atoms with van der Waals surface area (Å²) < 4.78 is 32.8. The molecular formula is C10H7ClN2O5S2. The number of hydrogen-bond donors (Lipinski definition) is 2. The smallest absolute Gasteiger partial charge is 0.366 e. The summed E-state index contributed by atoms with van der Waals surface area (Å²) >= 11 is 6.64. The van der Waals surface area contributed by atoms with Crippen molar-refractivity contribution in [2.75, 3.05) is 4.31 Å². The minimum absolute atomic E-state index is 0.0250. The van der Waals surface area contributed by atoms with Crippen LogP contribution in [0.15, 0.2) is 29.6 Å². The third kappa shape index (κ3) is 2.90. The molecule has 20 heavy (non-hydrogen) atoms. The van der Waals surface area contributed by atoms with Gasteiger partial charge in [-0.2, -0.15) is 12.7 Å². The number of nitrogens with zero attached hydrogens (tertiary/aromatic N) is 2. The quantitative estimate of drug-likeness (QED) is 0.831. The summed E-state index contributed by atoms with van der Waals surface area (Å²) in [5.41, 5.74) is -0.353. The van der Waals surface area contributed by atoms with E-state index < -0.39 is 16.3 Å². The topological polar surface area (TPSA) is 108 Å². The minimum Gasteiger partial charge on any atom is -0.476 e. The van der Waals surface area contributed by atoms with Crippen LogP contribution in [0.2, 0.25) is 5.02 Å². The van der Waals surface area contributed by atoms with E-state index in [-0.39, 0.29) is 21.5 Å². The second-order valence-corrected chi connectivity index (χ2v) is 6.02. The molecule has 0 atom stereocenters. The van der Waals surface area contributed by atoms with Gasteiger partial charge in [0.2, 0.25) is 5.13 Å². The standard InChI is InChI=1S/C10H7ClN2O5S2/c11-6-3-1-2-4-8(6)13(20(16,17)18)10-12-7(5-19-10)9(14)15/h1-5H,(H,14,15)(H,16,17,18). The average Bonchev–Trinajstić information content (AvgIpc) is 2.79. The number of hydrogen-bond acceptors (Lipinski definition) is 5. The number of thiazole rings is 1. The number of carboxylic acids is 1. The molecule has 0 aliphatic rings. The Morgan fingerprint density at radius 2 is 2.00 bits per heavy atom. The summed E-state index contributed by atoms with van der Waals surface area (Å²) in [5, 5.41) is 9.80. The van der Waals surface area contributed by atoms with Crippen LogP contribution in [-0.2, 0) is 10.3 Å². The van der Waals surface area contributed by atoms with Gasteiger partial charge in [0.15, 0.2) is 5.69 Å². The van der Waals surface area contributed by atoms with Crippen LogP contribution in [0.25, 0.3) is 0 Å². The second-order valence-electron chi connectivity index (χ2n) is 3.51. The predicted molar refractivity (Wildman–Crippen MR) is 74.2 cm³/mol. The van der Waals surface area contributed by atoms with Crippen molar-refractivity contribution in [2.24, 2.45) is 0 Å². The summed E-state index contributed by atoms with van der Waals surface area (Å²) in [5.74, 6) is -1.30. The Morgan fingerprint density at radius 3 is 2.50 bits per heavy atom. The van der Waals surface area contributed by atoms with Crippen LogP contribution in [0, 0.1) is 0 Å². The molecule has 0 saturated carbocycles.